The zero-order chi connectivity index (χ0) is 16.6. The first kappa shape index (κ1) is 15.1. The fourth-order valence-electron chi connectivity index (χ4n) is 3.21. The zero-order valence-corrected chi connectivity index (χ0v) is 12.9. The molecule has 126 valence electrons. The van der Waals surface area contributed by atoms with Gasteiger partial charge in [0.15, 0.2) is 5.82 Å². The molecule has 0 aromatic carbocycles. The van der Waals surface area contributed by atoms with Crippen LogP contribution in [0.1, 0.15) is 23.2 Å². The van der Waals surface area contributed by atoms with E-state index in [0.29, 0.717) is 38.1 Å². The molecule has 0 N–H and O–H groups in total. The molecule has 4 rings (SSSR count). The molecule has 2 aliphatic rings. The topological polar surface area (TPSA) is 77.7 Å². The van der Waals surface area contributed by atoms with Crippen LogP contribution >= 0.6 is 0 Å². The molecule has 2 aromatic rings. The van der Waals surface area contributed by atoms with E-state index in [2.05, 4.69) is 10.1 Å². The second-order valence-corrected chi connectivity index (χ2v) is 6.13. The fraction of sp³-hybridized carbons (Fsp3) is 0.438. The van der Waals surface area contributed by atoms with E-state index in [0.717, 1.165) is 0 Å². The normalized spacial score (nSPS) is 22.2. The van der Waals surface area contributed by atoms with Crippen molar-refractivity contribution in [3.05, 3.63) is 42.2 Å². The largest absolute Gasteiger partial charge is 0.472 e. The third-order valence-electron chi connectivity index (χ3n) is 4.38. The van der Waals surface area contributed by atoms with Crippen molar-refractivity contribution in [2.75, 3.05) is 19.7 Å². The first-order chi connectivity index (χ1) is 11.7. The third-order valence-corrected chi connectivity index (χ3v) is 4.38. The lowest BCUT2D eigenvalue weighted by Gasteiger charge is -2.52. The van der Waals surface area contributed by atoms with E-state index < -0.39 is 11.4 Å². The lowest BCUT2D eigenvalue weighted by Crippen LogP contribution is -2.67. The van der Waals surface area contributed by atoms with Crippen LogP contribution in [0.25, 0.3) is 0 Å². The van der Waals surface area contributed by atoms with E-state index in [1.165, 1.54) is 30.8 Å². The standard InChI is InChI=1S/C16H16FN3O4/c17-13-2-1-4-18-14(13)24-12-3-5-22-16(6-12)9-20(10-16)15(21)11-7-19-23-8-11/h1-2,4,7-8,12H,3,5-6,9-10H2. The molecular weight excluding hydrogens is 317 g/mol. The molecule has 2 aliphatic heterocycles. The van der Waals surface area contributed by atoms with E-state index in [-0.39, 0.29) is 17.9 Å². The maximum Gasteiger partial charge on any atom is 0.259 e. The van der Waals surface area contributed by atoms with Crippen molar-refractivity contribution in [1.82, 2.24) is 15.0 Å². The number of carbonyl (C=O) groups excluding carboxylic acids is 1. The molecule has 0 radical (unpaired) electrons. The summed E-state index contributed by atoms with van der Waals surface area (Å²) >= 11 is 0. The fourth-order valence-corrected chi connectivity index (χ4v) is 3.21. The molecule has 24 heavy (non-hydrogen) atoms. The Labute approximate surface area is 137 Å². The molecule has 1 unspecified atom stereocenters. The van der Waals surface area contributed by atoms with Crippen LogP contribution in [0.3, 0.4) is 0 Å². The van der Waals surface area contributed by atoms with Crippen molar-refractivity contribution >= 4 is 5.91 Å². The minimum absolute atomic E-state index is 0.0104. The minimum Gasteiger partial charge on any atom is -0.472 e. The van der Waals surface area contributed by atoms with Gasteiger partial charge in [-0.1, -0.05) is 5.16 Å². The van der Waals surface area contributed by atoms with Gasteiger partial charge in [-0.25, -0.2) is 9.37 Å². The van der Waals surface area contributed by atoms with E-state index in [1.807, 2.05) is 0 Å². The Bertz CT molecular complexity index is 731. The highest BCUT2D eigenvalue weighted by Gasteiger charge is 2.50. The van der Waals surface area contributed by atoms with Crippen LogP contribution in [0.15, 0.2) is 35.3 Å². The third kappa shape index (κ3) is 2.73. The molecule has 0 aliphatic carbocycles. The molecular formula is C16H16FN3O4. The summed E-state index contributed by atoms with van der Waals surface area (Å²) in [4.78, 5) is 17.8. The van der Waals surface area contributed by atoms with Crippen molar-refractivity contribution in [2.24, 2.45) is 0 Å². The number of pyridine rings is 1. The molecule has 1 atom stereocenters. The quantitative estimate of drug-likeness (QED) is 0.850. The maximum atomic E-state index is 13.7. The van der Waals surface area contributed by atoms with Crippen LogP contribution in [0, 0.1) is 5.82 Å². The van der Waals surface area contributed by atoms with Crippen LogP contribution in [-0.4, -0.2) is 52.3 Å². The Kier molecular flexibility index (Phi) is 3.68. The highest BCUT2D eigenvalue weighted by molar-refractivity contribution is 5.94. The van der Waals surface area contributed by atoms with Crippen LogP contribution in [0.5, 0.6) is 5.88 Å². The number of amides is 1. The van der Waals surface area contributed by atoms with Crippen molar-refractivity contribution < 1.29 is 23.2 Å². The van der Waals surface area contributed by atoms with Crippen LogP contribution in [-0.2, 0) is 4.74 Å². The molecule has 8 heteroatoms. The summed E-state index contributed by atoms with van der Waals surface area (Å²) in [6, 6.07) is 2.84. The zero-order valence-electron chi connectivity index (χ0n) is 12.9. The van der Waals surface area contributed by atoms with Crippen molar-refractivity contribution in [2.45, 2.75) is 24.5 Å². The minimum atomic E-state index is -0.476. The van der Waals surface area contributed by atoms with Gasteiger partial charge in [0, 0.05) is 19.0 Å². The van der Waals surface area contributed by atoms with Crippen LogP contribution < -0.4 is 4.74 Å². The summed E-state index contributed by atoms with van der Waals surface area (Å²) in [5.41, 5.74) is -0.00918. The Balaban J connectivity index is 1.38. The molecule has 0 saturated carbocycles. The maximum absolute atomic E-state index is 13.7. The van der Waals surface area contributed by atoms with E-state index >= 15 is 0 Å². The highest BCUT2D eigenvalue weighted by atomic mass is 19.1. The number of hydrogen-bond donors (Lipinski definition) is 0. The average molecular weight is 333 g/mol. The van der Waals surface area contributed by atoms with Crippen molar-refractivity contribution in [1.29, 1.82) is 0 Å². The van der Waals surface area contributed by atoms with E-state index in [4.69, 9.17) is 14.0 Å². The van der Waals surface area contributed by atoms with Gasteiger partial charge >= 0.3 is 0 Å². The molecule has 1 spiro atoms. The molecule has 2 saturated heterocycles. The Morgan fingerprint density at radius 3 is 3.08 bits per heavy atom. The van der Waals surface area contributed by atoms with Gasteiger partial charge in [0.2, 0.25) is 0 Å². The lowest BCUT2D eigenvalue weighted by atomic mass is 9.84. The molecule has 2 aromatic heterocycles. The number of likely N-dealkylation sites (tertiary alicyclic amines) is 1. The number of ether oxygens (including phenoxy) is 2. The number of aromatic nitrogens is 2. The summed E-state index contributed by atoms with van der Waals surface area (Å²) < 4.78 is 29.9. The van der Waals surface area contributed by atoms with Gasteiger partial charge in [0.05, 0.1) is 31.5 Å². The predicted octanol–water partition coefficient (Wildman–Crippen LogP) is 1.66. The molecule has 4 heterocycles. The number of hydrogen-bond acceptors (Lipinski definition) is 6. The predicted molar refractivity (Wildman–Crippen MR) is 78.9 cm³/mol. The first-order valence-electron chi connectivity index (χ1n) is 7.75. The summed E-state index contributed by atoms with van der Waals surface area (Å²) in [6.45, 7) is 1.46. The van der Waals surface area contributed by atoms with Crippen molar-refractivity contribution in [3.8, 4) is 5.88 Å². The number of halogens is 1. The van der Waals surface area contributed by atoms with Gasteiger partial charge in [0.25, 0.3) is 11.8 Å². The smallest absolute Gasteiger partial charge is 0.259 e. The number of rotatable bonds is 3. The molecule has 7 nitrogen and oxygen atoms in total. The summed E-state index contributed by atoms with van der Waals surface area (Å²) in [7, 11) is 0. The summed E-state index contributed by atoms with van der Waals surface area (Å²) in [5.74, 6) is -0.600. The van der Waals surface area contributed by atoms with Gasteiger partial charge in [-0.05, 0) is 12.1 Å². The number of nitrogens with zero attached hydrogens (tertiary/aromatic N) is 3. The van der Waals surface area contributed by atoms with Crippen LogP contribution in [0.4, 0.5) is 4.39 Å². The Morgan fingerprint density at radius 1 is 1.46 bits per heavy atom. The van der Waals surface area contributed by atoms with Gasteiger partial charge in [-0.15, -0.1) is 0 Å². The molecule has 0 bridgehead atoms. The second kappa shape index (κ2) is 5.86. The van der Waals surface area contributed by atoms with Crippen molar-refractivity contribution in [3.63, 3.8) is 0 Å². The van der Waals surface area contributed by atoms with Crippen LogP contribution in [0.2, 0.25) is 0 Å². The monoisotopic (exact) mass is 333 g/mol. The summed E-state index contributed by atoms with van der Waals surface area (Å²) in [6.07, 6.45) is 5.29. The SMILES string of the molecule is O=C(c1cnoc1)N1CC2(CC(Oc3ncccc3F)CCO2)C1. The lowest BCUT2D eigenvalue weighted by molar-refractivity contribution is -0.174. The summed E-state index contributed by atoms with van der Waals surface area (Å²) in [5, 5.41) is 3.54. The van der Waals surface area contributed by atoms with E-state index in [1.54, 1.807) is 4.90 Å². The number of carbonyl (C=O) groups is 1. The molecule has 1 amide bonds. The Hall–Kier alpha value is -2.48. The first-order valence-corrected chi connectivity index (χ1v) is 7.75. The van der Waals surface area contributed by atoms with Gasteiger partial charge in [-0.2, -0.15) is 0 Å². The molecule has 2 fully saturated rings. The Morgan fingerprint density at radius 2 is 2.33 bits per heavy atom. The van der Waals surface area contributed by atoms with Gasteiger partial charge < -0.3 is 18.9 Å². The highest BCUT2D eigenvalue weighted by Crippen LogP contribution is 2.36. The second-order valence-electron chi connectivity index (χ2n) is 6.13. The van der Waals surface area contributed by atoms with Gasteiger partial charge in [0.1, 0.15) is 18.0 Å². The van der Waals surface area contributed by atoms with Gasteiger partial charge in [-0.3, -0.25) is 4.79 Å². The average Bonchev–Trinajstić information content (AvgIpc) is 3.09. The van der Waals surface area contributed by atoms with E-state index in [9.17, 15) is 9.18 Å².